The lowest BCUT2D eigenvalue weighted by Crippen LogP contribution is -2.53. The van der Waals surface area contributed by atoms with Gasteiger partial charge in [0.15, 0.2) is 5.78 Å². The third kappa shape index (κ3) is 6.72. The van der Waals surface area contributed by atoms with Gasteiger partial charge in [-0.2, -0.15) is 13.2 Å². The van der Waals surface area contributed by atoms with Crippen LogP contribution in [0.3, 0.4) is 0 Å². The summed E-state index contributed by atoms with van der Waals surface area (Å²) in [7, 11) is 1.53. The number of nitrogens with zero attached hydrogens (tertiary/aromatic N) is 5. The Morgan fingerprint density at radius 3 is 2.61 bits per heavy atom. The number of pyridine rings is 2. The van der Waals surface area contributed by atoms with E-state index >= 15 is 4.39 Å². The number of carbonyl (C=O) groups excluding carboxylic acids is 2. The summed E-state index contributed by atoms with van der Waals surface area (Å²) in [5, 5.41) is 3.44. The number of morpholine rings is 1. The minimum Gasteiger partial charge on any atom is -0.377 e. The van der Waals surface area contributed by atoms with Gasteiger partial charge in [0.05, 0.1) is 53.1 Å². The highest BCUT2D eigenvalue weighted by Crippen LogP contribution is 2.33. The Morgan fingerprint density at radius 1 is 1.10 bits per heavy atom. The van der Waals surface area contributed by atoms with Gasteiger partial charge in [0.25, 0.3) is 11.5 Å². The zero-order valence-electron chi connectivity index (χ0n) is 28.0. The van der Waals surface area contributed by atoms with Gasteiger partial charge in [-0.05, 0) is 54.8 Å². The number of amides is 1. The highest BCUT2D eigenvalue weighted by molar-refractivity contribution is 6.00. The second-order valence-corrected chi connectivity index (χ2v) is 12.4. The number of benzene rings is 2. The summed E-state index contributed by atoms with van der Waals surface area (Å²) in [5.74, 6) is -2.26. The first-order valence-corrected chi connectivity index (χ1v) is 16.3. The number of fused-ring (bicyclic) bond motifs is 2. The summed E-state index contributed by atoms with van der Waals surface area (Å²) < 4.78 is 64.1. The Morgan fingerprint density at radius 2 is 1.88 bits per heavy atom. The largest absolute Gasteiger partial charge is 0.411 e. The standard InChI is InChI=1S/C36H34F4N6O5/c1-4-6-29(47)26(43-33(48)31-20(2)15-22(17-25(31)37)45-13-14-51-19-30(45)36(38,39)40)16-21-8-9-27(32-23(21)7-5-11-42-32)46-34(49)24-10-12-41-18-28(24)44(3)35(46)50/h5,7-12,15,17-18,26,30H,4,6,13-14,16,19H2,1-3H3,(H,43,48)/t26-,30+/m0/s1. The van der Waals surface area contributed by atoms with Crippen LogP contribution in [0.2, 0.25) is 0 Å². The number of alkyl halides is 3. The van der Waals surface area contributed by atoms with Gasteiger partial charge in [-0.1, -0.05) is 19.1 Å². The van der Waals surface area contributed by atoms with E-state index in [1.165, 1.54) is 49.3 Å². The molecule has 1 amide bonds. The normalized spacial score (nSPS) is 15.7. The van der Waals surface area contributed by atoms with Crippen LogP contribution >= 0.6 is 0 Å². The van der Waals surface area contributed by atoms with Gasteiger partial charge in [0.1, 0.15) is 11.9 Å². The lowest BCUT2D eigenvalue weighted by atomic mass is 9.95. The number of nitrogens with one attached hydrogen (secondary N) is 1. The average molecular weight is 707 g/mol. The minimum absolute atomic E-state index is 0.0231. The van der Waals surface area contributed by atoms with Crippen LogP contribution in [-0.4, -0.2) is 68.8 Å². The molecule has 2 aromatic carbocycles. The Hall–Kier alpha value is -5.44. The fraction of sp³-hybridized carbons (Fsp3) is 0.333. The monoisotopic (exact) mass is 706 g/mol. The first kappa shape index (κ1) is 35.4. The van der Waals surface area contributed by atoms with Crippen molar-refractivity contribution < 1.29 is 31.9 Å². The molecular weight excluding hydrogens is 672 g/mol. The van der Waals surface area contributed by atoms with Crippen molar-refractivity contribution in [1.82, 2.24) is 24.4 Å². The molecule has 15 heteroatoms. The zero-order valence-corrected chi connectivity index (χ0v) is 28.0. The summed E-state index contributed by atoms with van der Waals surface area (Å²) in [5.41, 5.74) is -0.0932. The van der Waals surface area contributed by atoms with Crippen molar-refractivity contribution >= 4 is 39.2 Å². The first-order chi connectivity index (χ1) is 24.3. The summed E-state index contributed by atoms with van der Waals surface area (Å²) in [6, 6.07) is 7.19. The molecule has 51 heavy (non-hydrogen) atoms. The van der Waals surface area contributed by atoms with Crippen molar-refractivity contribution in [3.8, 4) is 5.69 Å². The van der Waals surface area contributed by atoms with Gasteiger partial charge in [-0.25, -0.2) is 13.8 Å². The molecule has 4 heterocycles. The van der Waals surface area contributed by atoms with Crippen molar-refractivity contribution in [2.24, 2.45) is 7.05 Å². The van der Waals surface area contributed by atoms with Crippen LogP contribution in [0.1, 0.15) is 41.3 Å². The molecule has 1 saturated heterocycles. The number of hydrogen-bond acceptors (Lipinski definition) is 8. The summed E-state index contributed by atoms with van der Waals surface area (Å²) in [6.07, 6.45) is 0.298. The fourth-order valence-corrected chi connectivity index (χ4v) is 6.56. The molecule has 0 radical (unpaired) electrons. The molecule has 6 rings (SSSR count). The van der Waals surface area contributed by atoms with Crippen LogP contribution in [0.5, 0.6) is 0 Å². The van der Waals surface area contributed by atoms with E-state index in [1.807, 2.05) is 0 Å². The van der Waals surface area contributed by atoms with Gasteiger partial charge in [-0.15, -0.1) is 0 Å². The van der Waals surface area contributed by atoms with Crippen LogP contribution < -0.4 is 21.5 Å². The van der Waals surface area contributed by atoms with Crippen LogP contribution in [0.15, 0.2) is 70.6 Å². The summed E-state index contributed by atoms with van der Waals surface area (Å²) in [6.45, 7) is 2.51. The second-order valence-electron chi connectivity index (χ2n) is 12.4. The summed E-state index contributed by atoms with van der Waals surface area (Å²) >= 11 is 0. The molecule has 1 N–H and O–H groups in total. The van der Waals surface area contributed by atoms with Crippen LogP contribution in [-0.2, 0) is 23.0 Å². The van der Waals surface area contributed by atoms with E-state index in [0.29, 0.717) is 28.4 Å². The van der Waals surface area contributed by atoms with Crippen molar-refractivity contribution in [2.45, 2.75) is 51.4 Å². The first-order valence-electron chi connectivity index (χ1n) is 16.3. The minimum atomic E-state index is -4.62. The van der Waals surface area contributed by atoms with E-state index in [0.717, 1.165) is 15.5 Å². The SMILES string of the molecule is CCCC(=O)[C@H](Cc1ccc(-n2c(=O)c3ccncc3n(C)c2=O)c2ncccc12)NC(=O)c1c(C)cc(N2CCOC[C@@H]2C(F)(F)F)cc1F. The van der Waals surface area contributed by atoms with Crippen LogP contribution in [0.4, 0.5) is 23.2 Å². The van der Waals surface area contributed by atoms with Gasteiger partial charge in [0.2, 0.25) is 0 Å². The molecule has 2 atom stereocenters. The number of halogens is 4. The van der Waals surface area contributed by atoms with Crippen LogP contribution in [0.25, 0.3) is 27.5 Å². The molecule has 1 aliphatic heterocycles. The maximum atomic E-state index is 15.6. The quantitative estimate of drug-likeness (QED) is 0.221. The van der Waals surface area contributed by atoms with Crippen LogP contribution in [0, 0.1) is 12.7 Å². The molecule has 11 nitrogen and oxygen atoms in total. The van der Waals surface area contributed by atoms with Gasteiger partial charge >= 0.3 is 11.9 Å². The molecule has 3 aromatic heterocycles. The lowest BCUT2D eigenvalue weighted by molar-refractivity contribution is -0.167. The topological polar surface area (TPSA) is 128 Å². The maximum absolute atomic E-state index is 15.6. The molecule has 266 valence electrons. The number of ether oxygens (including phenoxy) is 1. The van der Waals surface area contributed by atoms with Crippen molar-refractivity contribution in [1.29, 1.82) is 0 Å². The van der Waals surface area contributed by atoms with E-state index in [4.69, 9.17) is 4.74 Å². The van der Waals surface area contributed by atoms with Gasteiger partial charge in [-0.3, -0.25) is 28.9 Å². The molecule has 5 aromatic rings. The maximum Gasteiger partial charge on any atom is 0.411 e. The molecule has 0 spiro atoms. The number of aromatic nitrogens is 4. The smallest absolute Gasteiger partial charge is 0.377 e. The Labute approximate surface area is 288 Å². The number of aryl methyl sites for hydroxylation is 2. The Kier molecular flexibility index (Phi) is 9.75. The predicted octanol–water partition coefficient (Wildman–Crippen LogP) is 4.56. The average Bonchev–Trinajstić information content (AvgIpc) is 3.10. The van der Waals surface area contributed by atoms with Gasteiger partial charge < -0.3 is 15.0 Å². The van der Waals surface area contributed by atoms with E-state index in [-0.39, 0.29) is 54.1 Å². The van der Waals surface area contributed by atoms with Crippen molar-refractivity contribution in [2.75, 3.05) is 24.7 Å². The van der Waals surface area contributed by atoms with E-state index in [1.54, 1.807) is 31.2 Å². The number of rotatable bonds is 9. The summed E-state index contributed by atoms with van der Waals surface area (Å²) in [4.78, 5) is 63.5. The van der Waals surface area contributed by atoms with Crippen molar-refractivity contribution in [3.63, 3.8) is 0 Å². The highest BCUT2D eigenvalue weighted by atomic mass is 19.4. The molecule has 1 aliphatic rings. The van der Waals surface area contributed by atoms with Gasteiger partial charge in [0, 0.05) is 49.9 Å². The zero-order chi connectivity index (χ0) is 36.6. The highest BCUT2D eigenvalue weighted by Gasteiger charge is 2.45. The Balaban J connectivity index is 1.35. The van der Waals surface area contributed by atoms with E-state index in [9.17, 15) is 32.3 Å². The van der Waals surface area contributed by atoms with E-state index < -0.39 is 53.4 Å². The lowest BCUT2D eigenvalue weighted by Gasteiger charge is -2.38. The molecule has 1 fully saturated rings. The Bertz CT molecular complexity index is 2260. The number of ketones is 1. The number of carbonyl (C=O) groups is 2. The predicted molar refractivity (Wildman–Crippen MR) is 182 cm³/mol. The molecular formula is C36H34F4N6O5. The van der Waals surface area contributed by atoms with Crippen molar-refractivity contribution in [3.05, 3.63) is 104 Å². The number of anilines is 1. The van der Waals surface area contributed by atoms with E-state index in [2.05, 4.69) is 15.3 Å². The third-order valence-corrected chi connectivity index (χ3v) is 9.10. The number of hydrogen-bond donors (Lipinski definition) is 1. The number of Topliss-reactive ketones (excluding diaryl/α,β-unsaturated/α-hetero) is 1. The molecule has 0 saturated carbocycles. The molecule has 0 unspecified atom stereocenters. The molecule has 0 bridgehead atoms. The fourth-order valence-electron chi connectivity index (χ4n) is 6.56. The second kappa shape index (κ2) is 14.1. The molecule has 0 aliphatic carbocycles. The third-order valence-electron chi connectivity index (χ3n) is 9.10.